The molecule has 0 bridgehead atoms. The number of carbonyl (C=O) groups excluding carboxylic acids is 2. The van der Waals surface area contributed by atoms with Crippen molar-refractivity contribution in [1.82, 2.24) is 0 Å². The number of carbonyl (C=O) groups is 2. The van der Waals surface area contributed by atoms with Gasteiger partial charge in [0.25, 0.3) is 5.91 Å². The van der Waals surface area contributed by atoms with E-state index in [0.29, 0.717) is 41.2 Å². The summed E-state index contributed by atoms with van der Waals surface area (Å²) in [5.74, 6) is 1.12. The zero-order chi connectivity index (χ0) is 21.5. The summed E-state index contributed by atoms with van der Waals surface area (Å²) in [6, 6.07) is 7.08. The highest BCUT2D eigenvalue weighted by molar-refractivity contribution is 6.07. The van der Waals surface area contributed by atoms with E-state index in [2.05, 4.69) is 5.32 Å². The lowest BCUT2D eigenvalue weighted by atomic mass is 9.76. The Morgan fingerprint density at radius 3 is 2.57 bits per heavy atom. The van der Waals surface area contributed by atoms with Crippen molar-refractivity contribution >= 4 is 17.4 Å². The number of aliphatic hydroxyl groups excluding tert-OH is 1. The van der Waals surface area contributed by atoms with Crippen LogP contribution in [0.15, 0.2) is 28.7 Å². The third-order valence-corrected chi connectivity index (χ3v) is 6.05. The topological polar surface area (TPSA) is 88.8 Å². The predicted octanol–water partition coefficient (Wildman–Crippen LogP) is 4.68. The molecule has 1 aromatic carbocycles. The van der Waals surface area contributed by atoms with Crippen LogP contribution in [-0.4, -0.2) is 29.0 Å². The van der Waals surface area contributed by atoms with Gasteiger partial charge in [0.1, 0.15) is 17.6 Å². The number of Topliss-reactive ketones (excluding diaryl/α,β-unsaturated/α-hetero) is 1. The molecular weight excluding hydrogens is 382 g/mol. The Labute approximate surface area is 176 Å². The van der Waals surface area contributed by atoms with Gasteiger partial charge in [-0.1, -0.05) is 20.3 Å². The first-order valence-electron chi connectivity index (χ1n) is 10.6. The van der Waals surface area contributed by atoms with Gasteiger partial charge in [-0.2, -0.15) is 0 Å². The molecule has 4 rings (SSSR count). The molecule has 1 saturated carbocycles. The monoisotopic (exact) mass is 411 g/mol. The smallest absolute Gasteiger partial charge is 0.291 e. The highest BCUT2D eigenvalue weighted by atomic mass is 16.5. The third kappa shape index (κ3) is 4.15. The van der Waals surface area contributed by atoms with Crippen LogP contribution in [-0.2, 0) is 6.42 Å². The number of aliphatic hydroxyl groups is 1. The molecule has 0 spiro atoms. The lowest BCUT2D eigenvalue weighted by Gasteiger charge is -2.28. The summed E-state index contributed by atoms with van der Waals surface area (Å²) < 4.78 is 11.7. The van der Waals surface area contributed by atoms with Gasteiger partial charge in [0.05, 0.1) is 11.7 Å². The Balaban J connectivity index is 1.45. The molecule has 1 fully saturated rings. The molecule has 2 aromatic rings. The Bertz CT molecular complexity index is 957. The summed E-state index contributed by atoms with van der Waals surface area (Å²) in [5.41, 5.74) is 1.62. The fraction of sp³-hybridized carbons (Fsp3) is 0.500. The van der Waals surface area contributed by atoms with E-state index in [1.54, 1.807) is 31.2 Å². The molecule has 30 heavy (non-hydrogen) atoms. The number of amides is 1. The number of ketones is 1. The van der Waals surface area contributed by atoms with Gasteiger partial charge in [0, 0.05) is 24.1 Å². The van der Waals surface area contributed by atoms with E-state index in [1.807, 2.05) is 13.8 Å². The summed E-state index contributed by atoms with van der Waals surface area (Å²) in [5, 5.41) is 12.9. The van der Waals surface area contributed by atoms with Crippen LogP contribution in [0.5, 0.6) is 5.75 Å². The van der Waals surface area contributed by atoms with Crippen LogP contribution in [0.4, 0.5) is 5.69 Å². The molecule has 2 N–H and O–H groups in total. The molecule has 6 heteroatoms. The Morgan fingerprint density at radius 1 is 1.17 bits per heavy atom. The van der Waals surface area contributed by atoms with Gasteiger partial charge in [-0.15, -0.1) is 0 Å². The number of benzene rings is 1. The lowest BCUT2D eigenvalue weighted by molar-refractivity contribution is 0.00688. The standard InChI is InChI=1S/C24H29NO5/c1-14-21-18(27)12-24(2,3)13-20(21)30-22(14)23(28)25-15-8-10-16(11-9-15)29-19-7-5-4-6-17(19)26/h8-11,17,19,26H,4-7,12-13H2,1-3H3,(H,25,28). The summed E-state index contributed by atoms with van der Waals surface area (Å²) in [6.45, 7) is 5.82. The van der Waals surface area contributed by atoms with E-state index in [-0.39, 0.29) is 29.0 Å². The van der Waals surface area contributed by atoms with Crippen LogP contribution in [0.2, 0.25) is 0 Å². The predicted molar refractivity (Wildman–Crippen MR) is 113 cm³/mol. The quantitative estimate of drug-likeness (QED) is 0.763. The molecule has 2 aliphatic carbocycles. The maximum absolute atomic E-state index is 12.8. The average Bonchev–Trinajstić information content (AvgIpc) is 3.00. The van der Waals surface area contributed by atoms with Crippen LogP contribution >= 0.6 is 0 Å². The van der Waals surface area contributed by atoms with Crippen molar-refractivity contribution in [2.45, 2.75) is 71.5 Å². The fourth-order valence-corrected chi connectivity index (χ4v) is 4.49. The normalized spacial score (nSPS) is 23.0. The summed E-state index contributed by atoms with van der Waals surface area (Å²) in [6.07, 6.45) is 4.19. The van der Waals surface area contributed by atoms with Crippen molar-refractivity contribution in [3.63, 3.8) is 0 Å². The molecular formula is C24H29NO5. The second-order valence-electron chi connectivity index (χ2n) is 9.28. The van der Waals surface area contributed by atoms with Gasteiger partial charge in [0.15, 0.2) is 11.5 Å². The van der Waals surface area contributed by atoms with E-state index in [4.69, 9.17) is 9.15 Å². The van der Waals surface area contributed by atoms with E-state index in [9.17, 15) is 14.7 Å². The minimum Gasteiger partial charge on any atom is -0.488 e. The highest BCUT2D eigenvalue weighted by Gasteiger charge is 2.37. The van der Waals surface area contributed by atoms with Crippen LogP contribution in [0, 0.1) is 12.3 Å². The molecule has 1 amide bonds. The summed E-state index contributed by atoms with van der Waals surface area (Å²) in [4.78, 5) is 25.3. The van der Waals surface area contributed by atoms with E-state index < -0.39 is 6.10 Å². The maximum atomic E-state index is 12.8. The van der Waals surface area contributed by atoms with Crippen molar-refractivity contribution in [3.05, 3.63) is 46.9 Å². The molecule has 2 unspecified atom stereocenters. The van der Waals surface area contributed by atoms with Crippen molar-refractivity contribution in [1.29, 1.82) is 0 Å². The van der Waals surface area contributed by atoms with E-state index in [1.165, 1.54) is 0 Å². The Morgan fingerprint density at radius 2 is 1.87 bits per heavy atom. The van der Waals surface area contributed by atoms with Crippen LogP contribution in [0.3, 0.4) is 0 Å². The van der Waals surface area contributed by atoms with Gasteiger partial charge in [-0.3, -0.25) is 9.59 Å². The largest absolute Gasteiger partial charge is 0.488 e. The number of hydrogen-bond acceptors (Lipinski definition) is 5. The second-order valence-corrected chi connectivity index (χ2v) is 9.28. The maximum Gasteiger partial charge on any atom is 0.291 e. The number of furan rings is 1. The molecule has 6 nitrogen and oxygen atoms in total. The van der Waals surface area contributed by atoms with E-state index >= 15 is 0 Å². The van der Waals surface area contributed by atoms with Crippen molar-refractivity contribution in [3.8, 4) is 5.75 Å². The Kier molecular flexibility index (Phi) is 5.45. The first-order chi connectivity index (χ1) is 14.2. The molecule has 0 saturated heterocycles. The summed E-state index contributed by atoms with van der Waals surface area (Å²) in [7, 11) is 0. The lowest BCUT2D eigenvalue weighted by Crippen LogP contribution is -2.34. The highest BCUT2D eigenvalue weighted by Crippen LogP contribution is 2.38. The van der Waals surface area contributed by atoms with Gasteiger partial charge in [-0.05, 0) is 55.9 Å². The molecule has 2 aliphatic rings. The van der Waals surface area contributed by atoms with Crippen molar-refractivity contribution in [2.75, 3.05) is 5.32 Å². The molecule has 1 heterocycles. The molecule has 1 aromatic heterocycles. The first-order valence-corrected chi connectivity index (χ1v) is 10.6. The molecule has 0 radical (unpaired) electrons. The van der Waals surface area contributed by atoms with Gasteiger partial charge >= 0.3 is 0 Å². The van der Waals surface area contributed by atoms with Gasteiger partial charge in [-0.25, -0.2) is 0 Å². The van der Waals surface area contributed by atoms with Gasteiger partial charge in [0.2, 0.25) is 0 Å². The number of fused-ring (bicyclic) bond motifs is 1. The second kappa shape index (κ2) is 7.91. The minimum absolute atomic E-state index is 0.0351. The fourth-order valence-electron chi connectivity index (χ4n) is 4.49. The van der Waals surface area contributed by atoms with Crippen molar-refractivity contribution < 1.29 is 23.8 Å². The molecule has 0 aliphatic heterocycles. The number of hydrogen-bond donors (Lipinski definition) is 2. The first kappa shape index (κ1) is 20.7. The SMILES string of the molecule is Cc1c(C(=O)Nc2ccc(OC3CCCCC3O)cc2)oc2c1C(=O)CC(C)(C)C2. The van der Waals surface area contributed by atoms with Gasteiger partial charge < -0.3 is 19.6 Å². The van der Waals surface area contributed by atoms with E-state index in [0.717, 1.165) is 25.7 Å². The third-order valence-electron chi connectivity index (χ3n) is 6.05. The molecule has 2 atom stereocenters. The number of ether oxygens (including phenoxy) is 1. The number of nitrogens with one attached hydrogen (secondary N) is 1. The average molecular weight is 411 g/mol. The summed E-state index contributed by atoms with van der Waals surface area (Å²) >= 11 is 0. The van der Waals surface area contributed by atoms with Crippen molar-refractivity contribution in [2.24, 2.45) is 5.41 Å². The zero-order valence-corrected chi connectivity index (χ0v) is 17.8. The van der Waals surface area contributed by atoms with Crippen LogP contribution < -0.4 is 10.1 Å². The van der Waals surface area contributed by atoms with Crippen LogP contribution in [0.25, 0.3) is 0 Å². The number of anilines is 1. The number of rotatable bonds is 4. The Hall–Kier alpha value is -2.60. The molecule has 160 valence electrons. The zero-order valence-electron chi connectivity index (χ0n) is 17.8. The minimum atomic E-state index is -0.432. The van der Waals surface area contributed by atoms with Crippen LogP contribution in [0.1, 0.15) is 78.2 Å².